The molecule has 3 heterocycles. The maximum absolute atomic E-state index is 12.8. The van der Waals surface area contributed by atoms with Crippen LogP contribution in [0.1, 0.15) is 18.4 Å². The summed E-state index contributed by atoms with van der Waals surface area (Å²) in [5.74, 6) is -0.566. The number of thiophene rings is 1. The van der Waals surface area contributed by atoms with Gasteiger partial charge in [0.25, 0.3) is 10.0 Å². The van der Waals surface area contributed by atoms with Gasteiger partial charge in [0.1, 0.15) is 4.21 Å². The van der Waals surface area contributed by atoms with Gasteiger partial charge in [-0.1, -0.05) is 17.4 Å². The number of sulfonamides is 1. The summed E-state index contributed by atoms with van der Waals surface area (Å²) in [6, 6.07) is 9.28. The van der Waals surface area contributed by atoms with Gasteiger partial charge in [0.2, 0.25) is 5.91 Å². The standard InChI is InChI=1S/C18H18BrN3O3S3/c1-11-4-5-13-14(9-11)26-18(20-13)21-17(23)12-3-2-8-22(10-12)28(24,25)16-7-6-15(19)27-16/h4-7,9,12H,2-3,8,10H2,1H3,(H,20,21,23)/t12-/m0/s1. The van der Waals surface area contributed by atoms with Gasteiger partial charge < -0.3 is 5.32 Å². The average Bonchev–Trinajstić information content (AvgIpc) is 3.27. The first-order chi connectivity index (χ1) is 13.3. The molecule has 0 bridgehead atoms. The summed E-state index contributed by atoms with van der Waals surface area (Å²) in [5, 5.41) is 3.43. The second-order valence-electron chi connectivity index (χ2n) is 6.74. The normalized spacial score (nSPS) is 18.4. The number of halogens is 1. The number of anilines is 1. The molecule has 1 fully saturated rings. The summed E-state index contributed by atoms with van der Waals surface area (Å²) in [7, 11) is -3.58. The van der Waals surface area contributed by atoms with Crippen LogP contribution in [0.2, 0.25) is 0 Å². The molecule has 2 aromatic heterocycles. The predicted octanol–water partition coefficient (Wildman–Crippen LogP) is 4.47. The molecule has 148 valence electrons. The van der Waals surface area contributed by atoms with E-state index in [1.807, 2.05) is 25.1 Å². The molecular formula is C18H18BrN3O3S3. The number of aromatic nitrogens is 1. The lowest BCUT2D eigenvalue weighted by atomic mass is 9.99. The molecule has 1 atom stereocenters. The molecular weight excluding hydrogens is 482 g/mol. The van der Waals surface area contributed by atoms with Crippen LogP contribution < -0.4 is 5.32 Å². The molecule has 0 spiro atoms. The Labute approximate surface area is 179 Å². The number of benzene rings is 1. The zero-order valence-corrected chi connectivity index (χ0v) is 19.0. The highest BCUT2D eigenvalue weighted by atomic mass is 79.9. The van der Waals surface area contributed by atoms with Gasteiger partial charge >= 0.3 is 0 Å². The SMILES string of the molecule is Cc1ccc2nc(NC(=O)[C@H]3CCCN(S(=O)(=O)c4ccc(Br)s4)C3)sc2c1. The smallest absolute Gasteiger partial charge is 0.252 e. The van der Waals surface area contributed by atoms with E-state index in [0.29, 0.717) is 28.7 Å². The fraction of sp³-hybridized carbons (Fsp3) is 0.333. The third-order valence-electron chi connectivity index (χ3n) is 4.67. The molecule has 4 rings (SSSR count). The second kappa shape index (κ2) is 7.83. The van der Waals surface area contributed by atoms with Crippen LogP contribution in [-0.4, -0.2) is 36.7 Å². The molecule has 3 aromatic rings. The maximum atomic E-state index is 12.8. The Hall–Kier alpha value is -1.33. The van der Waals surface area contributed by atoms with E-state index >= 15 is 0 Å². The predicted molar refractivity (Wildman–Crippen MR) is 116 cm³/mol. The van der Waals surface area contributed by atoms with Crippen LogP contribution >= 0.6 is 38.6 Å². The van der Waals surface area contributed by atoms with Crippen LogP contribution in [0.3, 0.4) is 0 Å². The molecule has 0 aliphatic carbocycles. The van der Waals surface area contributed by atoms with Crippen molar-refractivity contribution in [3.8, 4) is 0 Å². The van der Waals surface area contributed by atoms with Crippen molar-refractivity contribution in [1.29, 1.82) is 0 Å². The number of amides is 1. The van der Waals surface area contributed by atoms with Crippen LogP contribution in [0.4, 0.5) is 5.13 Å². The van der Waals surface area contributed by atoms with Crippen LogP contribution in [0.5, 0.6) is 0 Å². The number of carbonyl (C=O) groups excluding carboxylic acids is 1. The van der Waals surface area contributed by atoms with Gasteiger partial charge in [0.05, 0.1) is 19.9 Å². The van der Waals surface area contributed by atoms with Crippen LogP contribution in [0.15, 0.2) is 38.3 Å². The Bertz CT molecular complexity index is 1140. The topological polar surface area (TPSA) is 79.4 Å². The molecule has 0 radical (unpaired) electrons. The van der Waals surface area contributed by atoms with Gasteiger partial charge in [-0.2, -0.15) is 4.31 Å². The van der Waals surface area contributed by atoms with Crippen molar-refractivity contribution in [2.24, 2.45) is 5.92 Å². The minimum Gasteiger partial charge on any atom is -0.302 e. The largest absolute Gasteiger partial charge is 0.302 e. The molecule has 1 aromatic carbocycles. The molecule has 1 aliphatic rings. The van der Waals surface area contributed by atoms with E-state index in [2.05, 4.69) is 26.2 Å². The molecule has 10 heteroatoms. The van der Waals surface area contributed by atoms with Crippen LogP contribution in [-0.2, 0) is 14.8 Å². The van der Waals surface area contributed by atoms with Gasteiger partial charge in [-0.15, -0.1) is 11.3 Å². The number of fused-ring (bicyclic) bond motifs is 1. The van der Waals surface area contributed by atoms with Crippen molar-refractivity contribution in [2.75, 3.05) is 18.4 Å². The van der Waals surface area contributed by atoms with E-state index in [1.165, 1.54) is 27.0 Å². The first-order valence-corrected chi connectivity index (χ1v) is 12.6. The highest BCUT2D eigenvalue weighted by Crippen LogP contribution is 2.32. The molecule has 1 N–H and O–H groups in total. The Morgan fingerprint density at radius 3 is 2.86 bits per heavy atom. The Balaban J connectivity index is 1.48. The Morgan fingerprint density at radius 2 is 2.11 bits per heavy atom. The number of nitrogens with zero attached hydrogens (tertiary/aromatic N) is 2. The third-order valence-corrected chi connectivity index (χ3v) is 9.56. The molecule has 1 aliphatic heterocycles. The quantitative estimate of drug-likeness (QED) is 0.574. The monoisotopic (exact) mass is 499 g/mol. The molecule has 6 nitrogen and oxygen atoms in total. The third kappa shape index (κ3) is 4.02. The number of thiazole rings is 1. The van der Waals surface area contributed by atoms with Gasteiger partial charge in [-0.05, 0) is 65.5 Å². The lowest BCUT2D eigenvalue weighted by Gasteiger charge is -2.30. The molecule has 28 heavy (non-hydrogen) atoms. The van der Waals surface area contributed by atoms with Gasteiger partial charge in [0, 0.05) is 13.1 Å². The van der Waals surface area contributed by atoms with E-state index in [4.69, 9.17) is 0 Å². The van der Waals surface area contributed by atoms with Gasteiger partial charge in [-0.3, -0.25) is 4.79 Å². The lowest BCUT2D eigenvalue weighted by molar-refractivity contribution is -0.120. The average molecular weight is 500 g/mol. The number of carbonyl (C=O) groups is 1. The first-order valence-electron chi connectivity index (χ1n) is 8.76. The van der Waals surface area contributed by atoms with E-state index in [-0.39, 0.29) is 18.4 Å². The number of piperidine rings is 1. The van der Waals surface area contributed by atoms with Crippen molar-refractivity contribution >= 4 is 69.9 Å². The minimum atomic E-state index is -3.58. The van der Waals surface area contributed by atoms with Crippen molar-refractivity contribution in [3.05, 3.63) is 39.7 Å². The van der Waals surface area contributed by atoms with Crippen molar-refractivity contribution in [3.63, 3.8) is 0 Å². The summed E-state index contributed by atoms with van der Waals surface area (Å²) >= 11 is 5.92. The van der Waals surface area contributed by atoms with Crippen molar-refractivity contribution < 1.29 is 13.2 Å². The lowest BCUT2D eigenvalue weighted by Crippen LogP contribution is -2.43. The maximum Gasteiger partial charge on any atom is 0.252 e. The van der Waals surface area contributed by atoms with Crippen LogP contribution in [0, 0.1) is 12.8 Å². The minimum absolute atomic E-state index is 0.178. The van der Waals surface area contributed by atoms with E-state index in [1.54, 1.807) is 12.1 Å². The van der Waals surface area contributed by atoms with E-state index < -0.39 is 10.0 Å². The zero-order valence-electron chi connectivity index (χ0n) is 15.0. The summed E-state index contributed by atoms with van der Waals surface area (Å²) in [6.45, 7) is 2.64. The van der Waals surface area contributed by atoms with Crippen LogP contribution in [0.25, 0.3) is 10.2 Å². The zero-order chi connectivity index (χ0) is 19.9. The number of rotatable bonds is 4. The first kappa shape index (κ1) is 20.0. The molecule has 0 saturated carbocycles. The van der Waals surface area contributed by atoms with Gasteiger partial charge in [-0.25, -0.2) is 13.4 Å². The summed E-state index contributed by atoms with van der Waals surface area (Å²) in [5.41, 5.74) is 1.99. The molecule has 0 unspecified atom stereocenters. The highest BCUT2D eigenvalue weighted by molar-refractivity contribution is 9.11. The molecule has 1 saturated heterocycles. The summed E-state index contributed by atoms with van der Waals surface area (Å²) in [6.07, 6.45) is 1.32. The van der Waals surface area contributed by atoms with E-state index in [0.717, 1.165) is 19.6 Å². The number of nitrogens with one attached hydrogen (secondary N) is 1. The molecule has 1 amide bonds. The van der Waals surface area contributed by atoms with Crippen molar-refractivity contribution in [2.45, 2.75) is 24.0 Å². The van der Waals surface area contributed by atoms with E-state index in [9.17, 15) is 13.2 Å². The highest BCUT2D eigenvalue weighted by Gasteiger charge is 2.34. The van der Waals surface area contributed by atoms with Crippen molar-refractivity contribution in [1.82, 2.24) is 9.29 Å². The number of hydrogen-bond acceptors (Lipinski definition) is 6. The summed E-state index contributed by atoms with van der Waals surface area (Å²) in [4.78, 5) is 17.2. The fourth-order valence-electron chi connectivity index (χ4n) is 3.23. The number of aryl methyl sites for hydroxylation is 1. The number of hydrogen-bond donors (Lipinski definition) is 1. The van der Waals surface area contributed by atoms with Gasteiger partial charge in [0.15, 0.2) is 5.13 Å². The fourth-order valence-corrected chi connectivity index (χ4v) is 7.89. The Morgan fingerprint density at radius 1 is 1.29 bits per heavy atom. The Kier molecular flexibility index (Phi) is 5.58. The second-order valence-corrected chi connectivity index (χ2v) is 12.4. The summed E-state index contributed by atoms with van der Waals surface area (Å²) < 4.78 is 29.2.